The van der Waals surface area contributed by atoms with Crippen molar-refractivity contribution in [3.05, 3.63) is 47.0 Å². The molecule has 0 fully saturated rings. The highest BCUT2D eigenvalue weighted by molar-refractivity contribution is 6.31. The van der Waals surface area contributed by atoms with E-state index in [0.717, 1.165) is 16.1 Å². The SMILES string of the molecule is C=CC(NC)c1ccc(C)c(Cl)c1. The predicted molar refractivity (Wildman–Crippen MR) is 58.2 cm³/mol. The molecule has 1 unspecified atom stereocenters. The van der Waals surface area contributed by atoms with Gasteiger partial charge in [0.25, 0.3) is 0 Å². The summed E-state index contributed by atoms with van der Waals surface area (Å²) in [4.78, 5) is 0. The zero-order valence-corrected chi connectivity index (χ0v) is 8.73. The standard InChI is InChI=1S/C11H14ClN/c1-4-11(13-3)9-6-5-8(2)10(12)7-9/h4-7,11,13H,1H2,2-3H3. The van der Waals surface area contributed by atoms with Crippen LogP contribution in [0.5, 0.6) is 0 Å². The summed E-state index contributed by atoms with van der Waals surface area (Å²) >= 11 is 6.01. The maximum Gasteiger partial charge on any atom is 0.0501 e. The van der Waals surface area contributed by atoms with Crippen molar-refractivity contribution in [3.63, 3.8) is 0 Å². The number of benzene rings is 1. The Morgan fingerprint density at radius 1 is 1.54 bits per heavy atom. The van der Waals surface area contributed by atoms with Crippen LogP contribution in [0, 0.1) is 6.92 Å². The van der Waals surface area contributed by atoms with Crippen LogP contribution in [0.2, 0.25) is 5.02 Å². The van der Waals surface area contributed by atoms with Gasteiger partial charge in [0.05, 0.1) is 6.04 Å². The predicted octanol–water partition coefficient (Wildman–Crippen LogP) is 3.09. The molecule has 0 aromatic heterocycles. The molecule has 0 aliphatic carbocycles. The summed E-state index contributed by atoms with van der Waals surface area (Å²) in [6.07, 6.45) is 1.86. The normalized spacial score (nSPS) is 12.5. The largest absolute Gasteiger partial charge is 0.310 e. The van der Waals surface area contributed by atoms with Crippen LogP contribution in [0.1, 0.15) is 17.2 Å². The van der Waals surface area contributed by atoms with Crippen LogP contribution >= 0.6 is 11.6 Å². The van der Waals surface area contributed by atoms with Crippen molar-refractivity contribution in [3.8, 4) is 0 Å². The molecule has 13 heavy (non-hydrogen) atoms. The lowest BCUT2D eigenvalue weighted by Crippen LogP contribution is -2.13. The number of hydrogen-bond donors (Lipinski definition) is 1. The van der Waals surface area contributed by atoms with Crippen LogP contribution in [-0.4, -0.2) is 7.05 Å². The van der Waals surface area contributed by atoms with E-state index >= 15 is 0 Å². The highest BCUT2D eigenvalue weighted by Crippen LogP contribution is 2.21. The number of likely N-dealkylation sites (N-methyl/N-ethyl adjacent to an activating group) is 1. The third-order valence-corrected chi connectivity index (χ3v) is 2.51. The average Bonchev–Trinajstić information content (AvgIpc) is 2.13. The molecule has 70 valence electrons. The lowest BCUT2D eigenvalue weighted by molar-refractivity contribution is 0.716. The van der Waals surface area contributed by atoms with E-state index in [9.17, 15) is 0 Å². The fourth-order valence-electron chi connectivity index (χ4n) is 1.22. The first kappa shape index (κ1) is 10.3. The fourth-order valence-corrected chi connectivity index (χ4v) is 1.41. The molecule has 2 heteroatoms. The summed E-state index contributed by atoms with van der Waals surface area (Å²) in [6.45, 7) is 5.75. The van der Waals surface area contributed by atoms with Gasteiger partial charge in [-0.3, -0.25) is 0 Å². The number of nitrogens with one attached hydrogen (secondary N) is 1. The lowest BCUT2D eigenvalue weighted by Gasteiger charge is -2.12. The van der Waals surface area contributed by atoms with Gasteiger partial charge in [0.1, 0.15) is 0 Å². The topological polar surface area (TPSA) is 12.0 Å². The van der Waals surface area contributed by atoms with Crippen LogP contribution in [0.3, 0.4) is 0 Å². The van der Waals surface area contributed by atoms with Gasteiger partial charge in [0.2, 0.25) is 0 Å². The Hall–Kier alpha value is -0.790. The monoisotopic (exact) mass is 195 g/mol. The molecular formula is C11H14ClN. The maximum absolute atomic E-state index is 6.01. The molecule has 1 rings (SSSR count). The third kappa shape index (κ3) is 2.33. The van der Waals surface area contributed by atoms with E-state index in [-0.39, 0.29) is 6.04 Å². The van der Waals surface area contributed by atoms with Gasteiger partial charge in [0.15, 0.2) is 0 Å². The van der Waals surface area contributed by atoms with Crippen molar-refractivity contribution in [2.24, 2.45) is 0 Å². The van der Waals surface area contributed by atoms with Crippen LogP contribution < -0.4 is 5.32 Å². The van der Waals surface area contributed by atoms with E-state index in [2.05, 4.69) is 18.0 Å². The van der Waals surface area contributed by atoms with E-state index in [1.807, 2.05) is 32.2 Å². The number of hydrogen-bond acceptors (Lipinski definition) is 1. The summed E-state index contributed by atoms with van der Waals surface area (Å²) in [5.74, 6) is 0. The molecular weight excluding hydrogens is 182 g/mol. The van der Waals surface area contributed by atoms with E-state index in [4.69, 9.17) is 11.6 Å². The molecule has 1 N–H and O–H groups in total. The second-order valence-electron chi connectivity index (χ2n) is 3.01. The molecule has 0 saturated heterocycles. The smallest absolute Gasteiger partial charge is 0.0501 e. The Kier molecular flexibility index (Phi) is 3.52. The Morgan fingerprint density at radius 3 is 2.69 bits per heavy atom. The minimum Gasteiger partial charge on any atom is -0.310 e. The zero-order valence-electron chi connectivity index (χ0n) is 7.97. The summed E-state index contributed by atoms with van der Waals surface area (Å²) in [5.41, 5.74) is 2.25. The number of rotatable bonds is 3. The molecule has 0 spiro atoms. The molecule has 1 nitrogen and oxygen atoms in total. The van der Waals surface area contributed by atoms with Crippen molar-refractivity contribution >= 4 is 11.6 Å². The van der Waals surface area contributed by atoms with E-state index in [0.29, 0.717) is 0 Å². The minimum absolute atomic E-state index is 0.179. The summed E-state index contributed by atoms with van der Waals surface area (Å²) in [7, 11) is 1.90. The first-order valence-electron chi connectivity index (χ1n) is 4.25. The lowest BCUT2D eigenvalue weighted by atomic mass is 10.1. The van der Waals surface area contributed by atoms with Crippen LogP contribution in [0.25, 0.3) is 0 Å². The molecule has 0 aliphatic heterocycles. The molecule has 1 aromatic carbocycles. The highest BCUT2D eigenvalue weighted by atomic mass is 35.5. The minimum atomic E-state index is 0.179. The van der Waals surface area contributed by atoms with Crippen LogP contribution in [-0.2, 0) is 0 Å². The molecule has 0 aliphatic rings. The molecule has 0 heterocycles. The Morgan fingerprint density at radius 2 is 2.23 bits per heavy atom. The van der Waals surface area contributed by atoms with Gasteiger partial charge in [0, 0.05) is 5.02 Å². The second kappa shape index (κ2) is 4.45. The quantitative estimate of drug-likeness (QED) is 0.731. The van der Waals surface area contributed by atoms with Gasteiger partial charge in [-0.2, -0.15) is 0 Å². The van der Waals surface area contributed by atoms with E-state index < -0.39 is 0 Å². The van der Waals surface area contributed by atoms with Gasteiger partial charge in [-0.15, -0.1) is 6.58 Å². The van der Waals surface area contributed by atoms with Crippen molar-refractivity contribution in [2.75, 3.05) is 7.05 Å². The van der Waals surface area contributed by atoms with Crippen molar-refractivity contribution in [1.82, 2.24) is 5.32 Å². The second-order valence-corrected chi connectivity index (χ2v) is 3.42. The number of halogens is 1. The number of aryl methyl sites for hydroxylation is 1. The van der Waals surface area contributed by atoms with Gasteiger partial charge < -0.3 is 5.32 Å². The van der Waals surface area contributed by atoms with Gasteiger partial charge in [-0.25, -0.2) is 0 Å². The van der Waals surface area contributed by atoms with Gasteiger partial charge in [-0.1, -0.05) is 29.8 Å². The Labute approximate surface area is 84.4 Å². The Bertz CT molecular complexity index is 307. The summed E-state index contributed by atoms with van der Waals surface area (Å²) in [5, 5.41) is 3.94. The maximum atomic E-state index is 6.01. The van der Waals surface area contributed by atoms with Crippen LogP contribution in [0.15, 0.2) is 30.9 Å². The molecule has 0 amide bonds. The van der Waals surface area contributed by atoms with Crippen molar-refractivity contribution in [2.45, 2.75) is 13.0 Å². The summed E-state index contributed by atoms with van der Waals surface area (Å²) < 4.78 is 0. The van der Waals surface area contributed by atoms with Crippen molar-refractivity contribution in [1.29, 1.82) is 0 Å². The van der Waals surface area contributed by atoms with Gasteiger partial charge >= 0.3 is 0 Å². The Balaban J connectivity index is 3.01. The molecule has 0 bridgehead atoms. The first-order chi connectivity index (χ1) is 6.19. The molecule has 1 atom stereocenters. The fraction of sp³-hybridized carbons (Fsp3) is 0.273. The zero-order chi connectivity index (χ0) is 9.84. The molecule has 0 radical (unpaired) electrons. The van der Waals surface area contributed by atoms with Crippen molar-refractivity contribution < 1.29 is 0 Å². The van der Waals surface area contributed by atoms with Gasteiger partial charge in [-0.05, 0) is 31.2 Å². The average molecular weight is 196 g/mol. The molecule has 1 aromatic rings. The summed E-state index contributed by atoms with van der Waals surface area (Å²) in [6, 6.07) is 6.23. The molecule has 0 saturated carbocycles. The van der Waals surface area contributed by atoms with Crippen LogP contribution in [0.4, 0.5) is 0 Å². The third-order valence-electron chi connectivity index (χ3n) is 2.10. The first-order valence-corrected chi connectivity index (χ1v) is 4.62. The highest BCUT2D eigenvalue weighted by Gasteiger charge is 2.05. The van der Waals surface area contributed by atoms with E-state index in [1.165, 1.54) is 0 Å². The van der Waals surface area contributed by atoms with E-state index in [1.54, 1.807) is 0 Å².